The molecule has 254 valence electrons. The largest absolute Gasteiger partial charge is 0.508 e. The molecule has 0 spiro atoms. The Hall–Kier alpha value is -6.21. The lowest BCUT2D eigenvalue weighted by Crippen LogP contribution is -2.29. The molecule has 0 radical (unpaired) electrons. The molecule has 49 heavy (non-hydrogen) atoms. The number of anilines is 2. The molecule has 0 atom stereocenters. The first-order valence-electron chi connectivity index (χ1n) is 13.6. The summed E-state index contributed by atoms with van der Waals surface area (Å²) in [5.74, 6) is 4.67. The minimum absolute atomic E-state index is 0.0353. The summed E-state index contributed by atoms with van der Waals surface area (Å²) in [6, 6.07) is 21.3. The number of nitrogen functional groups attached to an aromatic ring is 1. The fourth-order valence-corrected chi connectivity index (χ4v) is 3.57. The van der Waals surface area contributed by atoms with E-state index in [0.29, 0.717) is 11.1 Å². The molecule has 0 aliphatic rings. The number of halogens is 6. The van der Waals surface area contributed by atoms with Gasteiger partial charge < -0.3 is 19.9 Å². The van der Waals surface area contributed by atoms with Crippen LogP contribution < -0.4 is 16.6 Å². The molecule has 1 heterocycles. The zero-order valence-electron chi connectivity index (χ0n) is 25.6. The van der Waals surface area contributed by atoms with Crippen molar-refractivity contribution in [1.29, 1.82) is 0 Å². The number of aliphatic imine (C=N–C) groups is 1. The predicted molar refractivity (Wildman–Crippen MR) is 172 cm³/mol. The van der Waals surface area contributed by atoms with E-state index in [0.717, 1.165) is 24.3 Å². The van der Waals surface area contributed by atoms with E-state index in [-0.39, 0.29) is 34.8 Å². The third-order valence-corrected chi connectivity index (χ3v) is 5.64. The van der Waals surface area contributed by atoms with Gasteiger partial charge in [0.2, 0.25) is 5.89 Å². The highest BCUT2D eigenvalue weighted by Crippen LogP contribution is 2.32. The van der Waals surface area contributed by atoms with Crippen molar-refractivity contribution in [2.45, 2.75) is 12.4 Å². The van der Waals surface area contributed by atoms with Crippen LogP contribution in [-0.2, 0) is 12.4 Å². The maximum atomic E-state index is 12.7. The van der Waals surface area contributed by atoms with E-state index in [2.05, 4.69) is 39.1 Å². The van der Waals surface area contributed by atoms with Gasteiger partial charge in [0.15, 0.2) is 0 Å². The number of isothiocyanates is 1. The van der Waals surface area contributed by atoms with E-state index in [1.54, 1.807) is 24.3 Å². The molecule has 0 bridgehead atoms. The number of rotatable bonds is 5. The maximum Gasteiger partial charge on any atom is 0.416 e. The predicted octanol–water partition coefficient (Wildman–Crippen LogP) is 7.89. The van der Waals surface area contributed by atoms with Crippen LogP contribution in [-0.4, -0.2) is 31.5 Å². The number of hydrogen-bond acceptors (Lipinski definition) is 10. The van der Waals surface area contributed by atoms with E-state index in [1.807, 2.05) is 10.6 Å². The Balaban J connectivity index is 0.000000272. The highest BCUT2D eigenvalue weighted by atomic mass is 32.1. The van der Waals surface area contributed by atoms with Crippen LogP contribution in [0, 0.1) is 12.8 Å². The molecule has 1 amide bonds. The number of carbonyl (C=O) groups excluding carboxylic acids is 1. The second-order valence-corrected chi connectivity index (χ2v) is 9.12. The van der Waals surface area contributed by atoms with Crippen LogP contribution in [0.4, 0.5) is 43.7 Å². The molecule has 0 fully saturated rings. The highest BCUT2D eigenvalue weighted by molar-refractivity contribution is 7.78. The lowest BCUT2D eigenvalue weighted by atomic mass is 10.2. The smallest absolute Gasteiger partial charge is 0.416 e. The van der Waals surface area contributed by atoms with Crippen LogP contribution >= 0.6 is 12.2 Å². The average Bonchev–Trinajstić information content (AvgIpc) is 3.53. The van der Waals surface area contributed by atoms with Crippen molar-refractivity contribution < 1.29 is 47.1 Å². The number of nitrogens with two attached hydrogens (primary N) is 1. The molecule has 0 aliphatic carbocycles. The summed E-state index contributed by atoms with van der Waals surface area (Å²) in [6.07, 6.45) is -3.01. The fraction of sp³-hybridized carbons (Fsp3) is 0.0625. The summed E-state index contributed by atoms with van der Waals surface area (Å²) in [4.78, 5) is 14.3. The monoisotopic (exact) mass is 703 g/mol. The zero-order chi connectivity index (χ0) is 37.3. The van der Waals surface area contributed by atoms with Crippen LogP contribution in [0.3, 0.4) is 0 Å². The van der Waals surface area contributed by atoms with Gasteiger partial charge in [-0.25, -0.2) is 5.84 Å². The molecule has 0 unspecified atom stereocenters. The lowest BCUT2D eigenvalue weighted by Gasteiger charge is -2.08. The number of alkyl halides is 6. The van der Waals surface area contributed by atoms with Crippen LogP contribution in [0.5, 0.6) is 11.5 Å². The third-order valence-electron chi connectivity index (χ3n) is 5.55. The number of hydrazine groups is 1. The summed E-state index contributed by atoms with van der Waals surface area (Å²) in [7, 11) is 0. The standard InChI is InChI=1S/C15H10F3N3O2.C8H4F3NS.C7H8N2O2.C2H2/c16-15(17,18)10-4-2-5-11(8-10)19-14-21-20-13(23-14)9-3-1-6-12(22)7-9;9-8(10,11)6-2-1-3-7(4-6)12-5-13;8-9-7(11)5-2-1-3-6(10)4-5;1-2/h1-8,22H,(H,19,21);1-4H;1-4,10H,8H2,(H,9,11);1-2H/i;;;1D. The Labute approximate surface area is 281 Å². The van der Waals surface area contributed by atoms with Crippen molar-refractivity contribution in [2.75, 3.05) is 5.32 Å². The van der Waals surface area contributed by atoms with Crippen molar-refractivity contribution in [1.82, 2.24) is 15.6 Å². The maximum absolute atomic E-state index is 12.7. The molecule has 0 aliphatic heterocycles. The van der Waals surface area contributed by atoms with Gasteiger partial charge in [0.05, 0.1) is 22.0 Å². The highest BCUT2D eigenvalue weighted by Gasteiger charge is 2.31. The minimum Gasteiger partial charge on any atom is -0.508 e. The van der Waals surface area contributed by atoms with Gasteiger partial charge in [-0.3, -0.25) is 10.2 Å². The van der Waals surface area contributed by atoms with E-state index in [1.165, 1.54) is 54.9 Å². The van der Waals surface area contributed by atoms with Crippen LogP contribution in [0.2, 0.25) is 0 Å². The quantitative estimate of drug-likeness (QED) is 0.0233. The number of nitrogens with one attached hydrogen (secondary N) is 2. The number of terminal acetylenes is 1. The van der Waals surface area contributed by atoms with E-state index in [4.69, 9.17) is 16.7 Å². The Bertz CT molecular complexity index is 1960. The van der Waals surface area contributed by atoms with Crippen LogP contribution in [0.1, 0.15) is 22.9 Å². The second kappa shape index (κ2) is 18.2. The number of benzene rings is 4. The topological polar surface area (TPSA) is 159 Å². The number of amides is 1. The Kier molecular flexibility index (Phi) is 13.8. The summed E-state index contributed by atoms with van der Waals surface area (Å²) < 4.78 is 85.4. The number of carbonyl (C=O) groups is 1. The van der Waals surface area contributed by atoms with E-state index in [9.17, 15) is 36.2 Å². The van der Waals surface area contributed by atoms with Crippen LogP contribution in [0.25, 0.3) is 11.5 Å². The fourth-order valence-electron chi connectivity index (χ4n) is 3.46. The molecule has 5 rings (SSSR count). The Morgan fingerprint density at radius 2 is 1.45 bits per heavy atom. The Morgan fingerprint density at radius 1 is 0.878 bits per heavy atom. The van der Waals surface area contributed by atoms with Crippen molar-refractivity contribution >= 4 is 40.7 Å². The summed E-state index contributed by atoms with van der Waals surface area (Å²) >= 11 is 4.27. The van der Waals surface area contributed by atoms with Gasteiger partial charge in [0, 0.05) is 16.8 Å². The molecule has 17 heteroatoms. The number of aromatic hydroxyl groups is 2. The molecule has 4 aromatic carbocycles. The SMILES string of the molecule is FC(F)(F)c1cccc(N=C=S)c1.NNC(=O)c1cccc(O)c1.Oc1cccc(-c2nnc(Nc3cccc(C(F)(F)F)c3)o2)c1.[2H]C#C. The zero-order valence-corrected chi connectivity index (χ0v) is 25.4. The summed E-state index contributed by atoms with van der Waals surface area (Å²) in [5.41, 5.74) is 1.60. The van der Waals surface area contributed by atoms with Gasteiger partial charge >= 0.3 is 18.4 Å². The van der Waals surface area contributed by atoms with Gasteiger partial charge in [0.25, 0.3) is 5.91 Å². The first kappa shape index (κ1) is 37.2. The molecule has 5 aromatic rings. The first-order chi connectivity index (χ1) is 23.6. The minimum atomic E-state index is -4.43. The summed E-state index contributed by atoms with van der Waals surface area (Å²) in [6.45, 7) is 0. The number of aromatic nitrogens is 2. The molecule has 6 N–H and O–H groups in total. The Morgan fingerprint density at radius 3 is 2.02 bits per heavy atom. The summed E-state index contributed by atoms with van der Waals surface area (Å²) in [5, 5.41) is 30.5. The van der Waals surface area contributed by atoms with Gasteiger partial charge in [0.1, 0.15) is 12.9 Å². The van der Waals surface area contributed by atoms with E-state index >= 15 is 0 Å². The van der Waals surface area contributed by atoms with Crippen molar-refractivity contribution in [3.05, 3.63) is 114 Å². The average molecular weight is 704 g/mol. The van der Waals surface area contributed by atoms with Crippen molar-refractivity contribution in [3.63, 3.8) is 0 Å². The number of nitrogens with zero attached hydrogens (tertiary/aromatic N) is 3. The number of hydrogen-bond donors (Lipinski definition) is 5. The molecule has 1 aromatic heterocycles. The number of phenolic OH excluding ortho intramolecular Hbond substituents is 2. The van der Waals surface area contributed by atoms with E-state index < -0.39 is 29.4 Å². The molecular formula is C32H24F6N6O4S. The van der Waals surface area contributed by atoms with Crippen LogP contribution in [0.15, 0.2) is 106 Å². The van der Waals surface area contributed by atoms with Crippen molar-refractivity contribution in [3.8, 4) is 35.8 Å². The molecule has 0 saturated heterocycles. The molecule has 0 saturated carbocycles. The molecule has 10 nitrogen and oxygen atoms in total. The third kappa shape index (κ3) is 12.8. The lowest BCUT2D eigenvalue weighted by molar-refractivity contribution is -0.138. The first-order valence-corrected chi connectivity index (χ1v) is 13.5. The normalized spacial score (nSPS) is 10.4. The number of thiocarbonyl (C=S) groups is 1. The van der Waals surface area contributed by atoms with Gasteiger partial charge in [-0.05, 0) is 85.0 Å². The second-order valence-electron chi connectivity index (χ2n) is 8.94. The van der Waals surface area contributed by atoms with Crippen molar-refractivity contribution in [2.24, 2.45) is 10.8 Å². The number of phenols is 2. The molecular weight excluding hydrogens is 678 g/mol. The van der Waals surface area contributed by atoms with Gasteiger partial charge in [-0.1, -0.05) is 29.4 Å². The van der Waals surface area contributed by atoms with Gasteiger partial charge in [-0.2, -0.15) is 31.3 Å². The van der Waals surface area contributed by atoms with Gasteiger partial charge in [-0.15, -0.1) is 17.9 Å².